The average Bonchev–Trinajstić information content (AvgIpc) is 2.73. The number of nitrogens with zero attached hydrogens (tertiary/aromatic N) is 2. The molecule has 0 saturated heterocycles. The molecule has 1 heterocycles. The Morgan fingerprint density at radius 3 is 2.12 bits per heavy atom. The van der Waals surface area contributed by atoms with Crippen molar-refractivity contribution in [2.45, 2.75) is 0 Å². The third kappa shape index (κ3) is 2.52. The largest absolute Gasteiger partial charge is 0.236 e. The number of hydrogen-bond donors (Lipinski definition) is 0. The van der Waals surface area contributed by atoms with E-state index in [0.29, 0.717) is 0 Å². The van der Waals surface area contributed by atoms with Crippen molar-refractivity contribution in [1.29, 1.82) is 0 Å². The quantitative estimate of drug-likeness (QED) is 0.389. The highest BCUT2D eigenvalue weighted by atomic mass is 14.9. The summed E-state index contributed by atoms with van der Waals surface area (Å²) in [6, 6.07) is 31.5. The van der Waals surface area contributed by atoms with E-state index in [0.717, 1.165) is 22.3 Å². The molecule has 0 atom stereocenters. The molecule has 2 nitrogen and oxygen atoms in total. The summed E-state index contributed by atoms with van der Waals surface area (Å²) in [7, 11) is 0. The standard InChI is InChI=1S/C24H16N2/c1-3-9-21-17(6-1)8-5-10-22(21)18-12-14-19(15-13-18)24-25-16-20-7-2-4-11-23(20)26-24/h1-16H. The Labute approximate surface area is 151 Å². The zero-order valence-corrected chi connectivity index (χ0v) is 14.1. The van der Waals surface area contributed by atoms with E-state index in [1.165, 1.54) is 21.9 Å². The predicted octanol–water partition coefficient (Wildman–Crippen LogP) is 6.12. The fraction of sp³-hybridized carbons (Fsp3) is 0. The molecule has 0 N–H and O–H groups in total. The Morgan fingerprint density at radius 1 is 0.538 bits per heavy atom. The highest BCUT2D eigenvalue weighted by Gasteiger charge is 2.06. The van der Waals surface area contributed by atoms with Gasteiger partial charge in [0.25, 0.3) is 0 Å². The van der Waals surface area contributed by atoms with Crippen molar-refractivity contribution in [3.05, 3.63) is 97.2 Å². The lowest BCUT2D eigenvalue weighted by Gasteiger charge is -2.08. The summed E-state index contributed by atoms with van der Waals surface area (Å²) < 4.78 is 0. The van der Waals surface area contributed by atoms with E-state index in [9.17, 15) is 0 Å². The third-order valence-corrected chi connectivity index (χ3v) is 4.73. The Hall–Kier alpha value is -3.52. The number of fused-ring (bicyclic) bond motifs is 2. The van der Waals surface area contributed by atoms with Gasteiger partial charge in [0.15, 0.2) is 5.82 Å². The summed E-state index contributed by atoms with van der Waals surface area (Å²) in [5.41, 5.74) is 4.44. The number of hydrogen-bond acceptors (Lipinski definition) is 2. The van der Waals surface area contributed by atoms with Crippen molar-refractivity contribution >= 4 is 21.7 Å². The lowest BCUT2D eigenvalue weighted by molar-refractivity contribution is 1.23. The maximum absolute atomic E-state index is 4.69. The van der Waals surface area contributed by atoms with E-state index >= 15 is 0 Å². The molecule has 2 heteroatoms. The minimum Gasteiger partial charge on any atom is -0.236 e. The summed E-state index contributed by atoms with van der Waals surface area (Å²) in [4.78, 5) is 9.21. The summed E-state index contributed by atoms with van der Waals surface area (Å²) >= 11 is 0. The van der Waals surface area contributed by atoms with Crippen LogP contribution in [0.25, 0.3) is 44.2 Å². The fourth-order valence-electron chi connectivity index (χ4n) is 3.39. The predicted molar refractivity (Wildman–Crippen MR) is 108 cm³/mol. The van der Waals surface area contributed by atoms with Gasteiger partial charge in [0.2, 0.25) is 0 Å². The normalized spacial score (nSPS) is 11.1. The van der Waals surface area contributed by atoms with Gasteiger partial charge in [0.05, 0.1) is 5.52 Å². The molecule has 0 aliphatic carbocycles. The summed E-state index contributed by atoms with van der Waals surface area (Å²) in [6.07, 6.45) is 1.89. The zero-order chi connectivity index (χ0) is 17.3. The molecule has 0 aliphatic rings. The number of para-hydroxylation sites is 1. The van der Waals surface area contributed by atoms with Crippen LogP contribution in [0.3, 0.4) is 0 Å². The van der Waals surface area contributed by atoms with Crippen LogP contribution in [0.1, 0.15) is 0 Å². The van der Waals surface area contributed by atoms with Crippen molar-refractivity contribution < 1.29 is 0 Å². The molecular formula is C24H16N2. The van der Waals surface area contributed by atoms with Crippen LogP contribution >= 0.6 is 0 Å². The number of benzene rings is 4. The van der Waals surface area contributed by atoms with E-state index in [-0.39, 0.29) is 0 Å². The van der Waals surface area contributed by atoms with E-state index in [1.54, 1.807) is 0 Å². The Morgan fingerprint density at radius 2 is 1.23 bits per heavy atom. The van der Waals surface area contributed by atoms with Gasteiger partial charge in [-0.1, -0.05) is 84.9 Å². The van der Waals surface area contributed by atoms with Crippen molar-refractivity contribution in [1.82, 2.24) is 9.97 Å². The van der Waals surface area contributed by atoms with Gasteiger partial charge in [-0.3, -0.25) is 0 Å². The lowest BCUT2D eigenvalue weighted by atomic mass is 9.97. The van der Waals surface area contributed by atoms with Crippen LogP contribution in [0.5, 0.6) is 0 Å². The first-order valence-electron chi connectivity index (χ1n) is 8.69. The third-order valence-electron chi connectivity index (χ3n) is 4.73. The molecule has 5 aromatic rings. The molecule has 26 heavy (non-hydrogen) atoms. The molecule has 0 radical (unpaired) electrons. The minimum absolute atomic E-state index is 0.758. The van der Waals surface area contributed by atoms with Gasteiger partial charge < -0.3 is 0 Å². The van der Waals surface area contributed by atoms with Crippen LogP contribution in [0, 0.1) is 0 Å². The Kier molecular flexibility index (Phi) is 3.46. The van der Waals surface area contributed by atoms with Crippen molar-refractivity contribution in [3.63, 3.8) is 0 Å². The second kappa shape index (κ2) is 6.08. The summed E-state index contributed by atoms with van der Waals surface area (Å²) in [5, 5.41) is 3.58. The molecule has 122 valence electrons. The topological polar surface area (TPSA) is 25.8 Å². The molecule has 5 rings (SSSR count). The van der Waals surface area contributed by atoms with Crippen LogP contribution in [0.2, 0.25) is 0 Å². The second-order valence-electron chi connectivity index (χ2n) is 6.36. The molecule has 0 unspecified atom stereocenters. The molecule has 0 amide bonds. The first-order valence-corrected chi connectivity index (χ1v) is 8.69. The van der Waals surface area contributed by atoms with E-state index < -0.39 is 0 Å². The Balaban J connectivity index is 1.57. The van der Waals surface area contributed by atoms with Gasteiger partial charge >= 0.3 is 0 Å². The monoisotopic (exact) mass is 332 g/mol. The molecule has 0 saturated carbocycles. The van der Waals surface area contributed by atoms with E-state index in [4.69, 9.17) is 0 Å². The highest BCUT2D eigenvalue weighted by molar-refractivity contribution is 5.96. The van der Waals surface area contributed by atoms with Crippen molar-refractivity contribution in [2.24, 2.45) is 0 Å². The molecule has 0 bridgehead atoms. The molecule has 1 aromatic heterocycles. The first-order chi connectivity index (χ1) is 12.9. The molecule has 0 aliphatic heterocycles. The number of aromatic nitrogens is 2. The van der Waals surface area contributed by atoms with Gasteiger partial charge in [-0.05, 0) is 28.0 Å². The van der Waals surface area contributed by atoms with Crippen LogP contribution < -0.4 is 0 Å². The molecule has 4 aromatic carbocycles. The fourth-order valence-corrected chi connectivity index (χ4v) is 3.39. The van der Waals surface area contributed by atoms with Crippen LogP contribution in [-0.4, -0.2) is 9.97 Å². The second-order valence-corrected chi connectivity index (χ2v) is 6.36. The van der Waals surface area contributed by atoms with Gasteiger partial charge in [-0.15, -0.1) is 0 Å². The minimum atomic E-state index is 0.758. The summed E-state index contributed by atoms with van der Waals surface area (Å²) in [6.45, 7) is 0. The van der Waals surface area contributed by atoms with E-state index in [1.807, 2.05) is 30.5 Å². The van der Waals surface area contributed by atoms with Gasteiger partial charge in [-0.2, -0.15) is 0 Å². The zero-order valence-electron chi connectivity index (χ0n) is 14.1. The van der Waals surface area contributed by atoms with Crippen LogP contribution in [-0.2, 0) is 0 Å². The molecular weight excluding hydrogens is 316 g/mol. The lowest BCUT2D eigenvalue weighted by Crippen LogP contribution is -1.90. The molecule has 0 spiro atoms. The number of rotatable bonds is 2. The first kappa shape index (κ1) is 14.8. The highest BCUT2D eigenvalue weighted by Crippen LogP contribution is 2.30. The van der Waals surface area contributed by atoms with E-state index in [2.05, 4.69) is 76.7 Å². The van der Waals surface area contributed by atoms with Crippen LogP contribution in [0.15, 0.2) is 97.2 Å². The SMILES string of the molecule is c1ccc2nc(-c3ccc(-c4cccc5ccccc45)cc3)ncc2c1. The maximum Gasteiger partial charge on any atom is 0.159 e. The molecule has 0 fully saturated rings. The van der Waals surface area contributed by atoms with Crippen molar-refractivity contribution in [3.8, 4) is 22.5 Å². The average molecular weight is 332 g/mol. The van der Waals surface area contributed by atoms with Gasteiger partial charge in [0, 0.05) is 17.1 Å². The van der Waals surface area contributed by atoms with Crippen LogP contribution in [0.4, 0.5) is 0 Å². The smallest absolute Gasteiger partial charge is 0.159 e. The van der Waals surface area contributed by atoms with Crippen molar-refractivity contribution in [2.75, 3.05) is 0 Å². The maximum atomic E-state index is 4.69. The Bertz CT molecular complexity index is 1220. The van der Waals surface area contributed by atoms with Gasteiger partial charge in [-0.25, -0.2) is 9.97 Å². The summed E-state index contributed by atoms with van der Waals surface area (Å²) in [5.74, 6) is 0.758. The van der Waals surface area contributed by atoms with Gasteiger partial charge in [0.1, 0.15) is 0 Å².